The number of aromatic amines is 1. The van der Waals surface area contributed by atoms with Gasteiger partial charge in [-0.2, -0.15) is 0 Å². The van der Waals surface area contributed by atoms with E-state index in [0.29, 0.717) is 5.75 Å². The van der Waals surface area contributed by atoms with E-state index in [1.807, 2.05) is 42.5 Å². The molecule has 0 aliphatic carbocycles. The number of para-hydroxylation sites is 1. The Hall–Kier alpha value is -2.01. The molecule has 0 amide bonds. The van der Waals surface area contributed by atoms with Crippen molar-refractivity contribution in [3.05, 3.63) is 57.4 Å². The van der Waals surface area contributed by atoms with Gasteiger partial charge in [0.1, 0.15) is 11.3 Å². The predicted octanol–water partition coefficient (Wildman–Crippen LogP) is 3.09. The molecule has 19 heavy (non-hydrogen) atoms. The molecule has 0 fully saturated rings. The Labute approximate surface area is 117 Å². The van der Waals surface area contributed by atoms with Crippen LogP contribution < -0.4 is 10.4 Å². The van der Waals surface area contributed by atoms with Gasteiger partial charge in [0.25, 0.3) is 0 Å². The lowest BCUT2D eigenvalue weighted by molar-refractivity contribution is 0.418. The number of imidazole rings is 1. The molecule has 0 aliphatic rings. The molecule has 1 aromatic heterocycles. The highest BCUT2D eigenvalue weighted by atomic mass is 79.9. The molecular formula is C14H11BrN2O2. The molecule has 0 saturated carbocycles. The smallest absolute Gasteiger partial charge is 0.331 e. The Bertz CT molecular complexity index is 787. The number of H-pyrrole nitrogens is 1. The molecular weight excluding hydrogens is 308 g/mol. The lowest BCUT2D eigenvalue weighted by Crippen LogP contribution is -2.14. The quantitative estimate of drug-likeness (QED) is 0.789. The first-order valence-electron chi connectivity index (χ1n) is 5.74. The SMILES string of the molecule is COc1cccc2[nH]c(=O)n(-c3ccc(Br)cc3)c12. The number of rotatable bonds is 2. The molecule has 3 rings (SSSR count). The number of nitrogens with zero attached hydrogens (tertiary/aromatic N) is 1. The van der Waals surface area contributed by atoms with Crippen LogP contribution in [0.4, 0.5) is 0 Å². The Balaban J connectivity index is 2.37. The lowest BCUT2D eigenvalue weighted by atomic mass is 10.2. The molecule has 0 saturated heterocycles. The van der Waals surface area contributed by atoms with Crippen molar-refractivity contribution in [1.29, 1.82) is 0 Å². The van der Waals surface area contributed by atoms with Crippen molar-refractivity contribution in [1.82, 2.24) is 9.55 Å². The molecule has 0 unspecified atom stereocenters. The molecule has 0 radical (unpaired) electrons. The molecule has 1 N–H and O–H groups in total. The van der Waals surface area contributed by atoms with E-state index < -0.39 is 0 Å². The Morgan fingerprint density at radius 1 is 1.16 bits per heavy atom. The fourth-order valence-electron chi connectivity index (χ4n) is 2.13. The zero-order valence-electron chi connectivity index (χ0n) is 10.2. The van der Waals surface area contributed by atoms with E-state index >= 15 is 0 Å². The highest BCUT2D eigenvalue weighted by Gasteiger charge is 2.12. The highest BCUT2D eigenvalue weighted by Crippen LogP contribution is 2.25. The van der Waals surface area contributed by atoms with Gasteiger partial charge in [-0.15, -0.1) is 0 Å². The van der Waals surface area contributed by atoms with E-state index in [2.05, 4.69) is 20.9 Å². The fourth-order valence-corrected chi connectivity index (χ4v) is 2.39. The third-order valence-electron chi connectivity index (χ3n) is 2.97. The summed E-state index contributed by atoms with van der Waals surface area (Å²) < 4.78 is 7.92. The van der Waals surface area contributed by atoms with E-state index in [-0.39, 0.29) is 5.69 Å². The van der Waals surface area contributed by atoms with E-state index in [9.17, 15) is 4.79 Å². The fraction of sp³-hybridized carbons (Fsp3) is 0.0714. The van der Waals surface area contributed by atoms with Crippen LogP contribution in [0, 0.1) is 0 Å². The zero-order chi connectivity index (χ0) is 13.4. The summed E-state index contributed by atoms with van der Waals surface area (Å²) in [4.78, 5) is 15.0. The van der Waals surface area contributed by atoms with Gasteiger partial charge < -0.3 is 9.72 Å². The maximum Gasteiger partial charge on any atom is 0.331 e. The number of halogens is 1. The standard InChI is InChI=1S/C14H11BrN2O2/c1-19-12-4-2-3-11-13(12)17(14(18)16-11)10-7-5-9(15)6-8-10/h2-8H,1H3,(H,16,18). The van der Waals surface area contributed by atoms with Crippen molar-refractivity contribution < 1.29 is 4.74 Å². The maximum absolute atomic E-state index is 12.1. The minimum Gasteiger partial charge on any atom is -0.494 e. The number of methoxy groups -OCH3 is 1. The van der Waals surface area contributed by atoms with Crippen molar-refractivity contribution >= 4 is 27.0 Å². The normalized spacial score (nSPS) is 10.8. The summed E-state index contributed by atoms with van der Waals surface area (Å²) in [5.41, 5.74) is 2.12. The predicted molar refractivity (Wildman–Crippen MR) is 78.1 cm³/mol. The molecule has 5 heteroatoms. The van der Waals surface area contributed by atoms with Gasteiger partial charge in [0.05, 0.1) is 18.3 Å². The number of benzene rings is 2. The average molecular weight is 319 g/mol. The van der Waals surface area contributed by atoms with E-state index in [0.717, 1.165) is 21.2 Å². The first-order valence-corrected chi connectivity index (χ1v) is 6.53. The van der Waals surface area contributed by atoms with E-state index in [4.69, 9.17) is 4.74 Å². The minimum absolute atomic E-state index is 0.179. The van der Waals surface area contributed by atoms with Crippen LogP contribution in [-0.2, 0) is 0 Å². The third kappa shape index (κ3) is 1.96. The third-order valence-corrected chi connectivity index (χ3v) is 3.50. The largest absolute Gasteiger partial charge is 0.494 e. The van der Waals surface area contributed by atoms with E-state index in [1.165, 1.54) is 0 Å². The van der Waals surface area contributed by atoms with Gasteiger partial charge in [0.2, 0.25) is 0 Å². The van der Waals surface area contributed by atoms with Crippen molar-refractivity contribution in [3.8, 4) is 11.4 Å². The summed E-state index contributed by atoms with van der Waals surface area (Å²) in [6.45, 7) is 0. The second-order valence-corrected chi connectivity index (χ2v) is 5.01. The van der Waals surface area contributed by atoms with Crippen molar-refractivity contribution in [2.75, 3.05) is 7.11 Å². The first kappa shape index (κ1) is 12.0. The van der Waals surface area contributed by atoms with Crippen molar-refractivity contribution in [2.24, 2.45) is 0 Å². The zero-order valence-corrected chi connectivity index (χ0v) is 11.8. The van der Waals surface area contributed by atoms with Crippen molar-refractivity contribution in [2.45, 2.75) is 0 Å². The van der Waals surface area contributed by atoms with Crippen LogP contribution in [-0.4, -0.2) is 16.7 Å². The summed E-state index contributed by atoms with van der Waals surface area (Å²) in [7, 11) is 1.60. The van der Waals surface area contributed by atoms with Gasteiger partial charge in [-0.05, 0) is 36.4 Å². The van der Waals surface area contributed by atoms with Crippen LogP contribution in [0.3, 0.4) is 0 Å². The minimum atomic E-state index is -0.179. The Morgan fingerprint density at radius 2 is 1.89 bits per heavy atom. The number of aromatic nitrogens is 2. The first-order chi connectivity index (χ1) is 9.20. The van der Waals surface area contributed by atoms with Crippen LogP contribution in [0.5, 0.6) is 5.75 Å². The summed E-state index contributed by atoms with van der Waals surface area (Å²) in [5.74, 6) is 0.666. The average Bonchev–Trinajstić information content (AvgIpc) is 2.75. The van der Waals surface area contributed by atoms with E-state index in [1.54, 1.807) is 11.7 Å². The molecule has 0 spiro atoms. The molecule has 4 nitrogen and oxygen atoms in total. The molecule has 3 aromatic rings. The van der Waals surface area contributed by atoms with Gasteiger partial charge in [-0.1, -0.05) is 22.0 Å². The lowest BCUT2D eigenvalue weighted by Gasteiger charge is -2.07. The molecule has 0 aliphatic heterocycles. The van der Waals surface area contributed by atoms with Crippen LogP contribution in [0.15, 0.2) is 51.7 Å². The van der Waals surface area contributed by atoms with Gasteiger partial charge in [0, 0.05) is 4.47 Å². The number of ether oxygens (including phenoxy) is 1. The summed E-state index contributed by atoms with van der Waals surface area (Å²) in [5, 5.41) is 0. The summed E-state index contributed by atoms with van der Waals surface area (Å²) >= 11 is 3.39. The van der Waals surface area contributed by atoms with Gasteiger partial charge in [0.15, 0.2) is 0 Å². The number of hydrogen-bond donors (Lipinski definition) is 1. The highest BCUT2D eigenvalue weighted by molar-refractivity contribution is 9.10. The second kappa shape index (κ2) is 4.59. The maximum atomic E-state index is 12.1. The second-order valence-electron chi connectivity index (χ2n) is 4.10. The van der Waals surface area contributed by atoms with Crippen LogP contribution >= 0.6 is 15.9 Å². The molecule has 0 atom stereocenters. The Kier molecular flexibility index (Phi) is 2.91. The molecule has 96 valence electrons. The van der Waals surface area contributed by atoms with Gasteiger partial charge in [-0.3, -0.25) is 4.57 Å². The van der Waals surface area contributed by atoms with Crippen LogP contribution in [0.2, 0.25) is 0 Å². The summed E-state index contributed by atoms with van der Waals surface area (Å²) in [6, 6.07) is 13.1. The monoisotopic (exact) mass is 318 g/mol. The molecule has 0 bridgehead atoms. The van der Waals surface area contributed by atoms with Crippen molar-refractivity contribution in [3.63, 3.8) is 0 Å². The van der Waals surface area contributed by atoms with Gasteiger partial charge >= 0.3 is 5.69 Å². The van der Waals surface area contributed by atoms with Crippen LogP contribution in [0.1, 0.15) is 0 Å². The number of fused-ring (bicyclic) bond motifs is 1. The molecule has 1 heterocycles. The number of nitrogens with one attached hydrogen (secondary N) is 1. The number of hydrogen-bond acceptors (Lipinski definition) is 2. The topological polar surface area (TPSA) is 47.0 Å². The molecule has 2 aromatic carbocycles. The van der Waals surface area contributed by atoms with Crippen LogP contribution in [0.25, 0.3) is 16.7 Å². The Morgan fingerprint density at radius 3 is 2.58 bits per heavy atom. The summed E-state index contributed by atoms with van der Waals surface area (Å²) in [6.07, 6.45) is 0. The van der Waals surface area contributed by atoms with Gasteiger partial charge in [-0.25, -0.2) is 4.79 Å².